The zero-order valence-electron chi connectivity index (χ0n) is 19.3. The number of hydrogen-bond donors (Lipinski definition) is 0. The van der Waals surface area contributed by atoms with Crippen LogP contribution in [0.15, 0.2) is 47.7 Å². The third-order valence-electron chi connectivity index (χ3n) is 7.17. The molecule has 1 aromatic carbocycles. The van der Waals surface area contributed by atoms with E-state index in [0.29, 0.717) is 50.3 Å². The van der Waals surface area contributed by atoms with Crippen molar-refractivity contribution < 1.29 is 23.0 Å². The summed E-state index contributed by atoms with van der Waals surface area (Å²) in [5.74, 6) is 0.668. The summed E-state index contributed by atoms with van der Waals surface area (Å²) < 4.78 is 40.7. The zero-order valence-corrected chi connectivity index (χ0v) is 19.3. The molecule has 3 aromatic rings. The van der Waals surface area contributed by atoms with Crippen LogP contribution >= 0.6 is 0 Å². The van der Waals surface area contributed by atoms with E-state index in [1.165, 1.54) is 10.6 Å². The molecule has 6 rings (SSSR count). The van der Waals surface area contributed by atoms with Crippen LogP contribution in [0, 0.1) is 12.8 Å². The molecule has 2 unspecified atom stereocenters. The topological polar surface area (TPSA) is 78.6 Å². The lowest BCUT2D eigenvalue weighted by Gasteiger charge is -2.35. The van der Waals surface area contributed by atoms with Gasteiger partial charge in [-0.1, -0.05) is 0 Å². The number of imidazole rings is 1. The largest absolute Gasteiger partial charge is 0.493 e. The number of nitrogens with zero attached hydrogens (tertiary/aromatic N) is 4. The fraction of sp³-hybridized carbons (Fsp3) is 0.400. The second-order valence-corrected chi connectivity index (χ2v) is 9.65. The molecule has 2 aliphatic heterocycles. The van der Waals surface area contributed by atoms with E-state index in [-0.39, 0.29) is 28.5 Å². The van der Waals surface area contributed by atoms with Gasteiger partial charge in [-0.2, -0.15) is 8.78 Å². The van der Waals surface area contributed by atoms with Gasteiger partial charge in [0.25, 0.3) is 11.5 Å². The number of hydrogen-bond acceptors (Lipinski definition) is 5. The van der Waals surface area contributed by atoms with Crippen molar-refractivity contribution in [3.63, 3.8) is 0 Å². The van der Waals surface area contributed by atoms with Gasteiger partial charge in [-0.15, -0.1) is 0 Å². The first-order valence-electron chi connectivity index (χ1n) is 11.5. The van der Waals surface area contributed by atoms with Crippen molar-refractivity contribution in [2.24, 2.45) is 5.92 Å². The first-order valence-corrected chi connectivity index (χ1v) is 11.5. The first-order chi connectivity index (χ1) is 16.6. The summed E-state index contributed by atoms with van der Waals surface area (Å²) in [6.45, 7) is 4.24. The second kappa shape index (κ2) is 7.40. The van der Waals surface area contributed by atoms with Gasteiger partial charge >= 0.3 is 6.11 Å². The maximum Gasteiger partial charge on any atom is 0.394 e. The van der Waals surface area contributed by atoms with Gasteiger partial charge < -0.3 is 23.5 Å². The fourth-order valence-electron chi connectivity index (χ4n) is 5.39. The zero-order chi connectivity index (χ0) is 24.5. The van der Waals surface area contributed by atoms with Crippen LogP contribution < -0.4 is 15.0 Å². The van der Waals surface area contributed by atoms with Crippen LogP contribution in [0.2, 0.25) is 0 Å². The van der Waals surface area contributed by atoms with Gasteiger partial charge in [0.15, 0.2) is 0 Å². The van der Waals surface area contributed by atoms with Crippen molar-refractivity contribution in [2.45, 2.75) is 38.3 Å². The van der Waals surface area contributed by atoms with Crippen LogP contribution in [0.1, 0.15) is 35.1 Å². The number of ether oxygens (including phenoxy) is 2. The smallest absolute Gasteiger partial charge is 0.394 e. The first kappa shape index (κ1) is 21.8. The molecule has 1 amide bonds. The molecule has 2 aromatic heterocycles. The molecule has 8 nitrogen and oxygen atoms in total. The number of amides is 1. The number of pyridine rings is 1. The maximum atomic E-state index is 13.4. The van der Waals surface area contributed by atoms with E-state index >= 15 is 0 Å². The molecule has 0 spiro atoms. The lowest BCUT2D eigenvalue weighted by atomic mass is 9.89. The van der Waals surface area contributed by atoms with Gasteiger partial charge in [0, 0.05) is 49.7 Å². The third-order valence-corrected chi connectivity index (χ3v) is 7.17. The number of carbonyl (C=O) groups excluding carboxylic acids is 1. The Bertz CT molecular complexity index is 1410. The van der Waals surface area contributed by atoms with E-state index in [9.17, 15) is 18.4 Å². The van der Waals surface area contributed by atoms with Gasteiger partial charge in [0.1, 0.15) is 22.9 Å². The van der Waals surface area contributed by atoms with Crippen molar-refractivity contribution in [2.75, 3.05) is 19.7 Å². The number of rotatable bonds is 5. The second-order valence-electron chi connectivity index (χ2n) is 9.65. The minimum atomic E-state index is -3.30. The predicted octanol–water partition coefficient (Wildman–Crippen LogP) is 3.14. The van der Waals surface area contributed by atoms with Crippen LogP contribution in [0.3, 0.4) is 0 Å². The van der Waals surface area contributed by atoms with Crippen molar-refractivity contribution in [1.82, 2.24) is 19.0 Å². The number of carbonyl (C=O) groups is 1. The Morgan fingerprint density at radius 1 is 1.23 bits per heavy atom. The number of alkyl halides is 2. The highest BCUT2D eigenvalue weighted by atomic mass is 19.3. The molecule has 4 heterocycles. The summed E-state index contributed by atoms with van der Waals surface area (Å²) in [6, 6.07) is 8.06. The Balaban J connectivity index is 1.29. The Labute approximate surface area is 199 Å². The van der Waals surface area contributed by atoms with Crippen molar-refractivity contribution >= 4 is 5.91 Å². The minimum Gasteiger partial charge on any atom is -0.493 e. The third kappa shape index (κ3) is 3.59. The van der Waals surface area contributed by atoms with E-state index in [1.54, 1.807) is 46.3 Å². The predicted molar refractivity (Wildman–Crippen MR) is 121 cm³/mol. The van der Waals surface area contributed by atoms with E-state index in [2.05, 4.69) is 4.98 Å². The van der Waals surface area contributed by atoms with Crippen molar-refractivity contribution in [1.29, 1.82) is 0 Å². The van der Waals surface area contributed by atoms with E-state index in [0.717, 1.165) is 17.7 Å². The lowest BCUT2D eigenvalue weighted by Crippen LogP contribution is -2.48. The molecule has 1 fully saturated rings. The molecular formula is C25H24F2N4O4. The number of aromatic nitrogens is 3. The van der Waals surface area contributed by atoms with E-state index < -0.39 is 6.11 Å². The monoisotopic (exact) mass is 482 g/mol. The molecule has 2 atom stereocenters. The highest BCUT2D eigenvalue weighted by molar-refractivity contribution is 5.93. The standard InChI is InChI=1S/C25H24F2N4O4/c1-15-11-30(14-28-15)19-4-5-20-22(32)29(7-8-31(20)23(19)33)13-25-10-16(25)12-34-21-6-3-17(9-18(21)25)35-24(2,26)27/h3-6,9,11,14,16H,7-8,10,12-13H2,1-2H3. The van der Waals surface area contributed by atoms with Crippen molar-refractivity contribution in [3.05, 3.63) is 70.2 Å². The van der Waals surface area contributed by atoms with Crippen LogP contribution in [-0.4, -0.2) is 50.7 Å². The summed E-state index contributed by atoms with van der Waals surface area (Å²) in [4.78, 5) is 32.4. The molecule has 35 heavy (non-hydrogen) atoms. The average molecular weight is 482 g/mol. The SMILES string of the molecule is Cc1cn(-c2ccc3n(c2=O)CCN(CC24CC2COc2ccc(OC(C)(F)F)cc24)C3=O)cn1. The molecule has 0 N–H and O–H groups in total. The van der Waals surface area contributed by atoms with E-state index in [4.69, 9.17) is 9.47 Å². The van der Waals surface area contributed by atoms with Crippen molar-refractivity contribution in [3.8, 4) is 17.2 Å². The minimum absolute atomic E-state index is 0.0657. The Kier molecular flexibility index (Phi) is 4.61. The van der Waals surface area contributed by atoms with Gasteiger partial charge in [-0.3, -0.25) is 9.59 Å². The molecule has 1 aliphatic carbocycles. The summed E-state index contributed by atoms with van der Waals surface area (Å²) in [6.07, 6.45) is 0.842. The van der Waals surface area contributed by atoms with E-state index in [1.807, 2.05) is 6.92 Å². The molecule has 10 heteroatoms. The van der Waals surface area contributed by atoms with Gasteiger partial charge in [0.2, 0.25) is 0 Å². The highest BCUT2D eigenvalue weighted by Gasteiger charge is 2.60. The van der Waals surface area contributed by atoms with Gasteiger partial charge in [-0.25, -0.2) is 4.98 Å². The van der Waals surface area contributed by atoms with Crippen LogP contribution in [0.5, 0.6) is 11.5 Å². The molecule has 1 saturated carbocycles. The summed E-state index contributed by atoms with van der Waals surface area (Å²) >= 11 is 0. The molecule has 0 radical (unpaired) electrons. The highest BCUT2D eigenvalue weighted by Crippen LogP contribution is 2.60. The lowest BCUT2D eigenvalue weighted by molar-refractivity contribution is -0.159. The van der Waals surface area contributed by atoms with Crippen LogP contribution in [0.4, 0.5) is 8.78 Å². The number of fused-ring (bicyclic) bond motifs is 4. The molecule has 3 aliphatic rings. The Hall–Kier alpha value is -3.69. The summed E-state index contributed by atoms with van der Waals surface area (Å²) in [7, 11) is 0. The Morgan fingerprint density at radius 2 is 2.06 bits per heavy atom. The van der Waals surface area contributed by atoms with Crippen LogP contribution in [0.25, 0.3) is 5.69 Å². The molecule has 182 valence electrons. The maximum absolute atomic E-state index is 13.4. The number of halogens is 2. The van der Waals surface area contributed by atoms with Crippen LogP contribution in [-0.2, 0) is 12.0 Å². The molecule has 0 saturated heterocycles. The summed E-state index contributed by atoms with van der Waals surface area (Å²) in [5.41, 5.74) is 1.75. The fourth-order valence-corrected chi connectivity index (χ4v) is 5.39. The number of aryl methyl sites for hydroxylation is 1. The average Bonchev–Trinajstić information content (AvgIpc) is 3.37. The Morgan fingerprint density at radius 3 is 2.80 bits per heavy atom. The normalized spacial score (nSPS) is 22.7. The van der Waals surface area contributed by atoms with Gasteiger partial charge in [-0.05, 0) is 43.7 Å². The number of benzene rings is 1. The molecular weight excluding hydrogens is 458 g/mol. The molecule has 0 bridgehead atoms. The van der Waals surface area contributed by atoms with Gasteiger partial charge in [0.05, 0.1) is 18.6 Å². The quantitative estimate of drug-likeness (QED) is 0.559. The summed E-state index contributed by atoms with van der Waals surface area (Å²) in [5, 5.41) is 0.